The van der Waals surface area contributed by atoms with Crippen LogP contribution in [0.25, 0.3) is 0 Å². The second kappa shape index (κ2) is 7.59. The number of hydrogen-bond acceptors (Lipinski definition) is 6. The molecule has 0 spiro atoms. The molecule has 0 bridgehead atoms. The molecule has 0 aromatic carbocycles. The molecule has 26 heavy (non-hydrogen) atoms. The highest BCUT2D eigenvalue weighted by Gasteiger charge is 2.25. The number of anilines is 2. The third kappa shape index (κ3) is 4.22. The predicted molar refractivity (Wildman–Crippen MR) is 100 cm³/mol. The maximum absolute atomic E-state index is 11.9. The fourth-order valence-corrected chi connectivity index (χ4v) is 3.31. The summed E-state index contributed by atoms with van der Waals surface area (Å²) < 4.78 is 0. The van der Waals surface area contributed by atoms with Gasteiger partial charge >= 0.3 is 0 Å². The molecule has 1 amide bonds. The molecule has 0 aliphatic carbocycles. The summed E-state index contributed by atoms with van der Waals surface area (Å²) in [6.45, 7) is 10.7. The largest absolute Gasteiger partial charge is 0.339 e. The number of likely N-dealkylation sites (tertiary alicyclic amines) is 1. The molecule has 1 fully saturated rings. The van der Waals surface area contributed by atoms with Crippen molar-refractivity contribution in [1.29, 1.82) is 0 Å². The molecule has 3 rings (SSSR count). The molecule has 7 heteroatoms. The average molecular weight is 352 g/mol. The van der Waals surface area contributed by atoms with Gasteiger partial charge in [0.15, 0.2) is 0 Å². The highest BCUT2D eigenvalue weighted by molar-refractivity contribution is 5.87. The van der Waals surface area contributed by atoms with Gasteiger partial charge in [-0.2, -0.15) is 0 Å². The average Bonchev–Trinajstić information content (AvgIpc) is 2.59. The molecule has 0 saturated carbocycles. The van der Waals surface area contributed by atoms with E-state index in [0.29, 0.717) is 24.1 Å². The van der Waals surface area contributed by atoms with Crippen molar-refractivity contribution in [3.63, 3.8) is 0 Å². The van der Waals surface area contributed by atoms with E-state index in [1.54, 1.807) is 0 Å². The van der Waals surface area contributed by atoms with Gasteiger partial charge in [-0.25, -0.2) is 19.9 Å². The first-order valence-electron chi connectivity index (χ1n) is 8.81. The molecule has 1 saturated heterocycles. The van der Waals surface area contributed by atoms with Gasteiger partial charge in [0.25, 0.3) is 0 Å². The minimum Gasteiger partial charge on any atom is -0.339 e. The molecule has 1 aliphatic rings. The van der Waals surface area contributed by atoms with E-state index in [1.807, 2.05) is 37.8 Å². The zero-order valence-electron chi connectivity index (χ0n) is 15.5. The second-order valence-corrected chi connectivity index (χ2v) is 6.65. The van der Waals surface area contributed by atoms with Crippen molar-refractivity contribution in [3.05, 3.63) is 47.7 Å². The Labute approximate surface area is 153 Å². The molecule has 1 unspecified atom stereocenters. The van der Waals surface area contributed by atoms with Crippen LogP contribution in [0.15, 0.2) is 24.8 Å². The molecule has 3 heterocycles. The van der Waals surface area contributed by atoms with Gasteiger partial charge in [0.2, 0.25) is 11.9 Å². The molecule has 136 valence electrons. The van der Waals surface area contributed by atoms with Crippen LogP contribution in [-0.2, 0) is 4.79 Å². The van der Waals surface area contributed by atoms with Gasteiger partial charge in [0.05, 0.1) is 5.69 Å². The summed E-state index contributed by atoms with van der Waals surface area (Å²) in [6.07, 6.45) is 3.32. The first-order valence-corrected chi connectivity index (χ1v) is 8.81. The summed E-state index contributed by atoms with van der Waals surface area (Å²) in [5.74, 6) is 2.04. The van der Waals surface area contributed by atoms with Crippen molar-refractivity contribution in [1.82, 2.24) is 24.8 Å². The lowest BCUT2D eigenvalue weighted by Crippen LogP contribution is -2.38. The number of amides is 1. The van der Waals surface area contributed by atoms with E-state index in [1.165, 1.54) is 6.08 Å². The summed E-state index contributed by atoms with van der Waals surface area (Å²) >= 11 is 0. The van der Waals surface area contributed by atoms with Crippen molar-refractivity contribution < 1.29 is 4.79 Å². The summed E-state index contributed by atoms with van der Waals surface area (Å²) in [7, 11) is 0. The van der Waals surface area contributed by atoms with Crippen LogP contribution < -0.4 is 5.32 Å². The maximum atomic E-state index is 11.9. The van der Waals surface area contributed by atoms with Crippen molar-refractivity contribution >= 4 is 17.7 Å². The monoisotopic (exact) mass is 352 g/mol. The van der Waals surface area contributed by atoms with Gasteiger partial charge in [-0.1, -0.05) is 6.58 Å². The molecular weight excluding hydrogens is 328 g/mol. The van der Waals surface area contributed by atoms with Gasteiger partial charge in [-0.15, -0.1) is 0 Å². The number of carbonyl (C=O) groups is 1. The molecule has 7 nitrogen and oxygen atoms in total. The second-order valence-electron chi connectivity index (χ2n) is 6.65. The normalized spacial score (nSPS) is 17.0. The smallest absolute Gasteiger partial charge is 0.245 e. The van der Waals surface area contributed by atoms with Gasteiger partial charge in [0.1, 0.15) is 11.6 Å². The topological polar surface area (TPSA) is 83.9 Å². The highest BCUT2D eigenvalue weighted by atomic mass is 16.2. The molecule has 2 aromatic heterocycles. The number of nitrogens with one attached hydrogen (secondary N) is 1. The predicted octanol–water partition coefficient (Wildman–Crippen LogP) is 2.83. The van der Waals surface area contributed by atoms with E-state index in [0.717, 1.165) is 36.5 Å². The van der Waals surface area contributed by atoms with E-state index >= 15 is 0 Å². The number of piperidine rings is 1. The lowest BCUT2D eigenvalue weighted by molar-refractivity contribution is -0.127. The van der Waals surface area contributed by atoms with E-state index < -0.39 is 0 Å². The Morgan fingerprint density at radius 2 is 1.92 bits per heavy atom. The Kier molecular flexibility index (Phi) is 5.25. The summed E-state index contributed by atoms with van der Waals surface area (Å²) in [5.41, 5.74) is 2.74. The quantitative estimate of drug-likeness (QED) is 0.852. The van der Waals surface area contributed by atoms with Gasteiger partial charge in [-0.05, 0) is 45.8 Å². The molecule has 2 aromatic rings. The SMILES string of the molecule is C=CC(=O)N1CCCC(c2cc(Nc3nc(C)cc(C)n3)nc(C)n2)C1. The summed E-state index contributed by atoms with van der Waals surface area (Å²) in [5, 5.41) is 3.18. The number of nitrogens with zero attached hydrogens (tertiary/aromatic N) is 5. The minimum atomic E-state index is -0.0255. The third-order valence-electron chi connectivity index (χ3n) is 4.41. The zero-order chi connectivity index (χ0) is 18.7. The van der Waals surface area contributed by atoms with Crippen molar-refractivity contribution in [2.75, 3.05) is 18.4 Å². The molecule has 1 N–H and O–H groups in total. The zero-order valence-corrected chi connectivity index (χ0v) is 15.5. The van der Waals surface area contributed by atoms with Crippen molar-refractivity contribution in [2.45, 2.75) is 39.5 Å². The Morgan fingerprint density at radius 1 is 1.19 bits per heavy atom. The van der Waals surface area contributed by atoms with E-state index in [4.69, 9.17) is 0 Å². The minimum absolute atomic E-state index is 0.0255. The van der Waals surface area contributed by atoms with E-state index in [9.17, 15) is 4.79 Å². The van der Waals surface area contributed by atoms with Crippen LogP contribution in [-0.4, -0.2) is 43.8 Å². The first kappa shape index (κ1) is 18.0. The Balaban J connectivity index is 1.83. The van der Waals surface area contributed by atoms with Crippen LogP contribution in [0.3, 0.4) is 0 Å². The lowest BCUT2D eigenvalue weighted by Gasteiger charge is -2.32. The standard InChI is InChI=1S/C19H24N6O/c1-5-18(26)25-8-6-7-15(11-25)16-10-17(23-14(4)22-16)24-19-20-12(2)9-13(3)21-19/h5,9-10,15H,1,6-8,11H2,2-4H3,(H,20,21,22,23,24). The van der Waals surface area contributed by atoms with Crippen LogP contribution in [0.5, 0.6) is 0 Å². The number of aromatic nitrogens is 4. The molecule has 1 atom stereocenters. The van der Waals surface area contributed by atoms with Crippen LogP contribution in [0.1, 0.15) is 41.7 Å². The number of hydrogen-bond donors (Lipinski definition) is 1. The summed E-state index contributed by atoms with van der Waals surface area (Å²) in [6, 6.07) is 3.86. The highest BCUT2D eigenvalue weighted by Crippen LogP contribution is 2.27. The molecular formula is C19H24N6O. The van der Waals surface area contributed by atoms with Crippen molar-refractivity contribution in [2.24, 2.45) is 0 Å². The lowest BCUT2D eigenvalue weighted by atomic mass is 9.94. The van der Waals surface area contributed by atoms with Crippen LogP contribution in [0.2, 0.25) is 0 Å². The van der Waals surface area contributed by atoms with Gasteiger partial charge in [-0.3, -0.25) is 4.79 Å². The fraction of sp³-hybridized carbons (Fsp3) is 0.421. The molecule has 1 aliphatic heterocycles. The van der Waals surface area contributed by atoms with Crippen molar-refractivity contribution in [3.8, 4) is 0 Å². The van der Waals surface area contributed by atoms with E-state index in [2.05, 4.69) is 31.8 Å². The Morgan fingerprint density at radius 3 is 2.62 bits per heavy atom. The van der Waals surface area contributed by atoms with Gasteiger partial charge < -0.3 is 10.2 Å². The van der Waals surface area contributed by atoms with Crippen LogP contribution in [0, 0.1) is 20.8 Å². The van der Waals surface area contributed by atoms with Crippen LogP contribution >= 0.6 is 0 Å². The fourth-order valence-electron chi connectivity index (χ4n) is 3.31. The Bertz CT molecular complexity index is 815. The molecule has 0 radical (unpaired) electrons. The van der Waals surface area contributed by atoms with Gasteiger partial charge in [0, 0.05) is 36.5 Å². The maximum Gasteiger partial charge on any atom is 0.245 e. The van der Waals surface area contributed by atoms with Crippen LogP contribution in [0.4, 0.5) is 11.8 Å². The number of rotatable bonds is 4. The van der Waals surface area contributed by atoms with E-state index in [-0.39, 0.29) is 11.8 Å². The third-order valence-corrected chi connectivity index (χ3v) is 4.41. The Hall–Kier alpha value is -2.83. The number of carbonyl (C=O) groups excluding carboxylic acids is 1. The summed E-state index contributed by atoms with van der Waals surface area (Å²) in [4.78, 5) is 31.6. The first-order chi connectivity index (χ1) is 12.4. The number of aryl methyl sites for hydroxylation is 3.